The Morgan fingerprint density at radius 1 is 1.27 bits per heavy atom. The lowest BCUT2D eigenvalue weighted by Crippen LogP contribution is -2.42. The van der Waals surface area contributed by atoms with Gasteiger partial charge in [-0.1, -0.05) is 30.3 Å². The van der Waals surface area contributed by atoms with E-state index >= 15 is 0 Å². The molecule has 2 amide bonds. The van der Waals surface area contributed by atoms with Crippen molar-refractivity contribution in [2.75, 3.05) is 13.1 Å². The van der Waals surface area contributed by atoms with Crippen LogP contribution >= 0.6 is 11.3 Å². The molecular formula is C20H23N3O2S. The van der Waals surface area contributed by atoms with Crippen molar-refractivity contribution in [3.63, 3.8) is 0 Å². The van der Waals surface area contributed by atoms with Gasteiger partial charge in [0.1, 0.15) is 5.01 Å². The summed E-state index contributed by atoms with van der Waals surface area (Å²) in [6.07, 6.45) is 4.85. The number of likely N-dealkylation sites (tertiary alicyclic amines) is 1. The van der Waals surface area contributed by atoms with E-state index in [1.54, 1.807) is 17.4 Å². The van der Waals surface area contributed by atoms with Crippen LogP contribution in [-0.2, 0) is 16.1 Å². The van der Waals surface area contributed by atoms with Crippen LogP contribution < -0.4 is 5.32 Å². The largest absolute Gasteiger partial charge is 0.349 e. The van der Waals surface area contributed by atoms with Crippen LogP contribution in [0, 0.1) is 12.8 Å². The predicted octanol–water partition coefficient (Wildman–Crippen LogP) is 3.02. The molecule has 1 N–H and O–H groups in total. The second kappa shape index (κ2) is 8.76. The topological polar surface area (TPSA) is 62.3 Å². The third-order valence-corrected chi connectivity index (χ3v) is 5.44. The maximum Gasteiger partial charge on any atom is 0.246 e. The molecule has 0 spiro atoms. The summed E-state index contributed by atoms with van der Waals surface area (Å²) in [6.45, 7) is 3.66. The van der Waals surface area contributed by atoms with Gasteiger partial charge in [-0.05, 0) is 31.4 Å². The number of rotatable bonds is 5. The molecule has 0 aliphatic carbocycles. The summed E-state index contributed by atoms with van der Waals surface area (Å²) < 4.78 is 0. The van der Waals surface area contributed by atoms with Gasteiger partial charge in [-0.15, -0.1) is 11.3 Å². The fourth-order valence-electron chi connectivity index (χ4n) is 2.99. The molecule has 0 atom stereocenters. The maximum atomic E-state index is 12.3. The Hall–Kier alpha value is -2.47. The van der Waals surface area contributed by atoms with Crippen LogP contribution in [-0.4, -0.2) is 34.8 Å². The third kappa shape index (κ3) is 5.02. The quantitative estimate of drug-likeness (QED) is 0.824. The average molecular weight is 369 g/mol. The summed E-state index contributed by atoms with van der Waals surface area (Å²) >= 11 is 1.56. The lowest BCUT2D eigenvalue weighted by atomic mass is 9.96. The molecule has 2 heterocycles. The van der Waals surface area contributed by atoms with Gasteiger partial charge in [0.05, 0.1) is 6.54 Å². The van der Waals surface area contributed by atoms with Crippen molar-refractivity contribution in [2.24, 2.45) is 5.92 Å². The highest BCUT2D eigenvalue weighted by Crippen LogP contribution is 2.18. The van der Waals surface area contributed by atoms with Crippen LogP contribution in [0.25, 0.3) is 6.08 Å². The number of nitrogens with zero attached hydrogens (tertiary/aromatic N) is 2. The number of aryl methyl sites for hydroxylation is 1. The summed E-state index contributed by atoms with van der Waals surface area (Å²) in [4.78, 5) is 30.8. The molecule has 0 radical (unpaired) electrons. The maximum absolute atomic E-state index is 12.3. The van der Waals surface area contributed by atoms with Gasteiger partial charge in [0, 0.05) is 36.2 Å². The zero-order chi connectivity index (χ0) is 18.4. The monoisotopic (exact) mass is 369 g/mol. The molecule has 1 fully saturated rings. The van der Waals surface area contributed by atoms with Crippen molar-refractivity contribution >= 4 is 29.2 Å². The van der Waals surface area contributed by atoms with Crippen LogP contribution in [0.1, 0.15) is 29.1 Å². The molecule has 0 unspecified atom stereocenters. The lowest BCUT2D eigenvalue weighted by Gasteiger charge is -2.30. The standard InChI is InChI=1S/C20H23N3O2S/c1-15-14-26-18(22-15)13-21-20(25)17-9-11-23(12-10-17)19(24)8-7-16-5-3-2-4-6-16/h2-8,14,17H,9-13H2,1H3,(H,21,25)/b8-7+. The molecule has 136 valence electrons. The third-order valence-electron chi connectivity index (χ3n) is 4.48. The number of hydrogen-bond acceptors (Lipinski definition) is 4. The van der Waals surface area contributed by atoms with E-state index in [9.17, 15) is 9.59 Å². The SMILES string of the molecule is Cc1csc(CNC(=O)C2CCN(C(=O)/C=C/c3ccccc3)CC2)n1. The van der Waals surface area contributed by atoms with Gasteiger partial charge in [0.2, 0.25) is 11.8 Å². The number of aromatic nitrogens is 1. The fourth-order valence-corrected chi connectivity index (χ4v) is 3.70. The van der Waals surface area contributed by atoms with E-state index < -0.39 is 0 Å². The second-order valence-corrected chi connectivity index (χ2v) is 7.39. The highest BCUT2D eigenvalue weighted by atomic mass is 32.1. The number of piperidine rings is 1. The minimum Gasteiger partial charge on any atom is -0.349 e. The van der Waals surface area contributed by atoms with Crippen molar-refractivity contribution in [1.29, 1.82) is 0 Å². The van der Waals surface area contributed by atoms with Crippen LogP contribution in [0.4, 0.5) is 0 Å². The number of carbonyl (C=O) groups is 2. The van der Waals surface area contributed by atoms with E-state index in [1.165, 1.54) is 0 Å². The van der Waals surface area contributed by atoms with Crippen molar-refractivity contribution in [2.45, 2.75) is 26.3 Å². The van der Waals surface area contributed by atoms with Crippen LogP contribution in [0.5, 0.6) is 0 Å². The fraction of sp³-hybridized carbons (Fsp3) is 0.350. The average Bonchev–Trinajstić information content (AvgIpc) is 3.10. The molecule has 0 saturated carbocycles. The second-order valence-electron chi connectivity index (χ2n) is 6.44. The van der Waals surface area contributed by atoms with Crippen molar-refractivity contribution in [3.8, 4) is 0 Å². The van der Waals surface area contributed by atoms with Gasteiger partial charge in [-0.3, -0.25) is 9.59 Å². The van der Waals surface area contributed by atoms with E-state index in [1.807, 2.05) is 53.6 Å². The smallest absolute Gasteiger partial charge is 0.246 e. The molecule has 1 aliphatic heterocycles. The highest BCUT2D eigenvalue weighted by molar-refractivity contribution is 7.09. The van der Waals surface area contributed by atoms with Crippen LogP contribution in [0.15, 0.2) is 41.8 Å². The number of thiazole rings is 1. The van der Waals surface area contributed by atoms with E-state index in [4.69, 9.17) is 0 Å². The minimum atomic E-state index is -0.0294. The van der Waals surface area contributed by atoms with Crippen LogP contribution in [0.2, 0.25) is 0 Å². The first-order valence-corrected chi connectivity index (χ1v) is 9.70. The molecule has 6 heteroatoms. The van der Waals surface area contributed by atoms with E-state index in [0.29, 0.717) is 32.5 Å². The lowest BCUT2D eigenvalue weighted by molar-refractivity contribution is -0.132. The number of nitrogens with one attached hydrogen (secondary N) is 1. The van der Waals surface area contributed by atoms with Gasteiger partial charge < -0.3 is 10.2 Å². The minimum absolute atomic E-state index is 0.00553. The Bertz CT molecular complexity index is 777. The van der Waals surface area contributed by atoms with E-state index in [0.717, 1.165) is 16.3 Å². The first-order chi connectivity index (χ1) is 12.6. The molecule has 1 aliphatic rings. The molecular weight excluding hydrogens is 346 g/mol. The summed E-state index contributed by atoms with van der Waals surface area (Å²) in [7, 11) is 0. The number of carbonyl (C=O) groups excluding carboxylic acids is 2. The normalized spacial score (nSPS) is 15.3. The van der Waals surface area contributed by atoms with Gasteiger partial charge in [-0.25, -0.2) is 4.98 Å². The van der Waals surface area contributed by atoms with Crippen molar-refractivity contribution in [3.05, 3.63) is 58.1 Å². The first-order valence-electron chi connectivity index (χ1n) is 8.82. The molecule has 1 aromatic heterocycles. The van der Waals surface area contributed by atoms with Crippen molar-refractivity contribution < 1.29 is 9.59 Å². The molecule has 5 nitrogen and oxygen atoms in total. The molecule has 26 heavy (non-hydrogen) atoms. The van der Waals surface area contributed by atoms with E-state index in [2.05, 4.69) is 10.3 Å². The Labute approximate surface area is 157 Å². The Morgan fingerprint density at radius 2 is 2.00 bits per heavy atom. The van der Waals surface area contributed by atoms with Gasteiger partial charge in [0.25, 0.3) is 0 Å². The van der Waals surface area contributed by atoms with E-state index in [-0.39, 0.29) is 17.7 Å². The molecule has 1 aromatic carbocycles. The van der Waals surface area contributed by atoms with Gasteiger partial charge in [-0.2, -0.15) is 0 Å². The van der Waals surface area contributed by atoms with Gasteiger partial charge >= 0.3 is 0 Å². The molecule has 1 saturated heterocycles. The first kappa shape index (κ1) is 18.3. The zero-order valence-electron chi connectivity index (χ0n) is 14.9. The Morgan fingerprint density at radius 3 is 2.65 bits per heavy atom. The molecule has 2 aromatic rings. The number of amides is 2. The van der Waals surface area contributed by atoms with Gasteiger partial charge in [0.15, 0.2) is 0 Å². The van der Waals surface area contributed by atoms with Crippen LogP contribution in [0.3, 0.4) is 0 Å². The molecule has 0 bridgehead atoms. The summed E-state index contributed by atoms with van der Waals surface area (Å²) in [6, 6.07) is 9.77. The predicted molar refractivity (Wildman–Crippen MR) is 103 cm³/mol. The number of benzene rings is 1. The number of hydrogen-bond donors (Lipinski definition) is 1. The van der Waals surface area contributed by atoms with Crippen molar-refractivity contribution in [1.82, 2.24) is 15.2 Å². The summed E-state index contributed by atoms with van der Waals surface area (Å²) in [5.41, 5.74) is 1.99. The molecule has 3 rings (SSSR count). The summed E-state index contributed by atoms with van der Waals surface area (Å²) in [5.74, 6) is 0.0361. The Kier molecular flexibility index (Phi) is 6.17. The Balaban J connectivity index is 1.43. The zero-order valence-corrected chi connectivity index (χ0v) is 15.7. The summed E-state index contributed by atoms with van der Waals surface area (Å²) in [5, 5.41) is 5.87. The highest BCUT2D eigenvalue weighted by Gasteiger charge is 2.26.